The summed E-state index contributed by atoms with van der Waals surface area (Å²) >= 11 is 0. The zero-order valence-corrected chi connectivity index (χ0v) is 9.02. The zero-order valence-electron chi connectivity index (χ0n) is 9.02. The maximum absolute atomic E-state index is 10.8. The first-order valence-electron chi connectivity index (χ1n) is 5.77. The molecular formula is C11H15N3O2. The third-order valence-electron chi connectivity index (χ3n) is 3.46. The van der Waals surface area contributed by atoms with E-state index in [1.807, 2.05) is 0 Å². The maximum Gasteiger partial charge on any atom is 0.308 e. The molecule has 1 aliphatic carbocycles. The molecule has 1 aromatic heterocycles. The van der Waals surface area contributed by atoms with Gasteiger partial charge >= 0.3 is 5.97 Å². The summed E-state index contributed by atoms with van der Waals surface area (Å²) in [6.45, 7) is 1.39. The lowest BCUT2D eigenvalue weighted by atomic mass is 10.1. The number of H-pyrrole nitrogens is 1. The average Bonchev–Trinajstić information content (AvgIpc) is 2.83. The number of anilines is 1. The Hall–Kier alpha value is -1.52. The van der Waals surface area contributed by atoms with E-state index in [1.54, 1.807) is 0 Å². The van der Waals surface area contributed by atoms with Crippen molar-refractivity contribution in [1.82, 2.24) is 10.2 Å². The van der Waals surface area contributed by atoms with E-state index in [1.165, 1.54) is 18.5 Å². The molecule has 0 spiro atoms. The molecule has 5 nitrogen and oxygen atoms in total. The quantitative estimate of drug-likeness (QED) is 0.804. The van der Waals surface area contributed by atoms with Gasteiger partial charge in [-0.15, -0.1) is 0 Å². The van der Waals surface area contributed by atoms with Crippen molar-refractivity contribution in [3.8, 4) is 0 Å². The number of aromatic nitrogens is 2. The third-order valence-corrected chi connectivity index (χ3v) is 3.46. The SMILES string of the molecule is O=C(O)[C@H]1CCN(c2cc(C3CC3)[nH]n2)C1. The van der Waals surface area contributed by atoms with Crippen LogP contribution in [0, 0.1) is 5.92 Å². The van der Waals surface area contributed by atoms with Crippen molar-refractivity contribution in [3.63, 3.8) is 0 Å². The fourth-order valence-corrected chi connectivity index (χ4v) is 2.26. The van der Waals surface area contributed by atoms with Crippen LogP contribution >= 0.6 is 0 Å². The van der Waals surface area contributed by atoms with Gasteiger partial charge in [-0.25, -0.2) is 0 Å². The summed E-state index contributed by atoms with van der Waals surface area (Å²) in [4.78, 5) is 12.9. The lowest BCUT2D eigenvalue weighted by Crippen LogP contribution is -2.22. The molecular weight excluding hydrogens is 206 g/mol. The molecule has 0 radical (unpaired) electrons. The second-order valence-corrected chi connectivity index (χ2v) is 4.73. The number of carboxylic acids is 1. The summed E-state index contributed by atoms with van der Waals surface area (Å²) in [7, 11) is 0. The fraction of sp³-hybridized carbons (Fsp3) is 0.636. The van der Waals surface area contributed by atoms with Crippen molar-refractivity contribution in [2.75, 3.05) is 18.0 Å². The summed E-state index contributed by atoms with van der Waals surface area (Å²) in [5.41, 5.74) is 1.20. The summed E-state index contributed by atoms with van der Waals surface area (Å²) in [6, 6.07) is 2.07. The number of nitrogens with one attached hydrogen (secondary N) is 1. The number of nitrogens with zero attached hydrogens (tertiary/aromatic N) is 2. The van der Waals surface area contributed by atoms with E-state index >= 15 is 0 Å². The Bertz CT molecular complexity index is 411. The molecule has 16 heavy (non-hydrogen) atoms. The second kappa shape index (κ2) is 3.50. The van der Waals surface area contributed by atoms with Gasteiger partial charge in [0.25, 0.3) is 0 Å². The first kappa shape index (κ1) is 9.69. The monoisotopic (exact) mass is 221 g/mol. The zero-order chi connectivity index (χ0) is 11.1. The number of aliphatic carboxylic acids is 1. The van der Waals surface area contributed by atoms with E-state index in [0.29, 0.717) is 12.5 Å². The van der Waals surface area contributed by atoms with Crippen LogP contribution in [-0.2, 0) is 4.79 Å². The van der Waals surface area contributed by atoms with Gasteiger partial charge in [-0.2, -0.15) is 5.10 Å². The van der Waals surface area contributed by atoms with Crippen molar-refractivity contribution in [3.05, 3.63) is 11.8 Å². The number of aromatic amines is 1. The first-order valence-corrected chi connectivity index (χ1v) is 5.77. The molecule has 1 atom stereocenters. The van der Waals surface area contributed by atoms with E-state index < -0.39 is 5.97 Å². The van der Waals surface area contributed by atoms with Gasteiger partial charge in [-0.1, -0.05) is 0 Å². The maximum atomic E-state index is 10.8. The molecule has 1 aliphatic heterocycles. The lowest BCUT2D eigenvalue weighted by Gasteiger charge is -2.13. The van der Waals surface area contributed by atoms with Gasteiger partial charge < -0.3 is 10.0 Å². The van der Waals surface area contributed by atoms with Crippen LogP contribution < -0.4 is 4.90 Å². The topological polar surface area (TPSA) is 69.2 Å². The Morgan fingerprint density at radius 1 is 1.50 bits per heavy atom. The first-order chi connectivity index (χ1) is 7.74. The van der Waals surface area contributed by atoms with Crippen molar-refractivity contribution in [2.24, 2.45) is 5.92 Å². The standard InChI is InChI=1S/C11H15N3O2/c15-11(16)8-3-4-14(6-8)10-5-9(12-13-10)7-1-2-7/h5,7-8H,1-4,6H2,(H,12,13)(H,15,16)/t8-/m0/s1. The lowest BCUT2D eigenvalue weighted by molar-refractivity contribution is -0.140. The molecule has 0 amide bonds. The molecule has 0 aromatic carbocycles. The van der Waals surface area contributed by atoms with Crippen LogP contribution in [0.2, 0.25) is 0 Å². The summed E-state index contributed by atoms with van der Waals surface area (Å²) in [5.74, 6) is 0.645. The van der Waals surface area contributed by atoms with E-state index in [0.717, 1.165) is 18.8 Å². The predicted octanol–water partition coefficient (Wildman–Crippen LogP) is 1.20. The normalized spacial score (nSPS) is 25.0. The molecule has 0 unspecified atom stereocenters. The summed E-state index contributed by atoms with van der Waals surface area (Å²) in [6.07, 6.45) is 3.22. The molecule has 5 heteroatoms. The van der Waals surface area contributed by atoms with Crippen LogP contribution in [0.1, 0.15) is 30.9 Å². The third kappa shape index (κ3) is 1.66. The van der Waals surface area contributed by atoms with E-state index in [-0.39, 0.29) is 5.92 Å². The molecule has 0 bridgehead atoms. The van der Waals surface area contributed by atoms with E-state index in [4.69, 9.17) is 5.11 Å². The van der Waals surface area contributed by atoms with Crippen molar-refractivity contribution in [1.29, 1.82) is 0 Å². The van der Waals surface area contributed by atoms with Crippen LogP contribution in [0.3, 0.4) is 0 Å². The Morgan fingerprint density at radius 3 is 2.94 bits per heavy atom. The van der Waals surface area contributed by atoms with Gasteiger partial charge in [0.15, 0.2) is 5.82 Å². The Kier molecular flexibility index (Phi) is 2.12. The fourth-order valence-electron chi connectivity index (χ4n) is 2.26. The van der Waals surface area contributed by atoms with E-state index in [9.17, 15) is 4.79 Å². The van der Waals surface area contributed by atoms with Crippen LogP contribution in [0.25, 0.3) is 0 Å². The number of hydrogen-bond donors (Lipinski definition) is 2. The van der Waals surface area contributed by atoms with Gasteiger partial charge in [0.1, 0.15) is 0 Å². The molecule has 1 saturated carbocycles. The highest BCUT2D eigenvalue weighted by Crippen LogP contribution is 2.40. The molecule has 1 aromatic rings. The van der Waals surface area contributed by atoms with E-state index in [2.05, 4.69) is 21.2 Å². The highest BCUT2D eigenvalue weighted by Gasteiger charge is 2.31. The smallest absolute Gasteiger partial charge is 0.308 e. The van der Waals surface area contributed by atoms with Crippen LogP contribution in [0.4, 0.5) is 5.82 Å². The molecule has 2 heterocycles. The predicted molar refractivity (Wildman–Crippen MR) is 58.5 cm³/mol. The minimum absolute atomic E-state index is 0.235. The van der Waals surface area contributed by atoms with Crippen molar-refractivity contribution < 1.29 is 9.90 Å². The molecule has 2 N–H and O–H groups in total. The number of rotatable bonds is 3. The van der Waals surface area contributed by atoms with Gasteiger partial charge in [0.05, 0.1) is 5.92 Å². The molecule has 2 fully saturated rings. The second-order valence-electron chi connectivity index (χ2n) is 4.73. The Labute approximate surface area is 93.5 Å². The number of carbonyl (C=O) groups is 1. The van der Waals surface area contributed by atoms with Crippen LogP contribution in [-0.4, -0.2) is 34.4 Å². The molecule has 86 valence electrons. The average molecular weight is 221 g/mol. The van der Waals surface area contributed by atoms with Gasteiger partial charge in [-0.3, -0.25) is 9.89 Å². The minimum Gasteiger partial charge on any atom is -0.481 e. The summed E-state index contributed by atoms with van der Waals surface area (Å²) < 4.78 is 0. The summed E-state index contributed by atoms with van der Waals surface area (Å²) in [5, 5.41) is 16.2. The highest BCUT2D eigenvalue weighted by molar-refractivity contribution is 5.71. The van der Waals surface area contributed by atoms with Gasteiger partial charge in [-0.05, 0) is 19.3 Å². The molecule has 1 saturated heterocycles. The van der Waals surface area contributed by atoms with Crippen LogP contribution in [0.15, 0.2) is 6.07 Å². The van der Waals surface area contributed by atoms with Gasteiger partial charge in [0.2, 0.25) is 0 Å². The Morgan fingerprint density at radius 2 is 2.31 bits per heavy atom. The molecule has 3 rings (SSSR count). The van der Waals surface area contributed by atoms with Crippen molar-refractivity contribution >= 4 is 11.8 Å². The minimum atomic E-state index is -0.694. The van der Waals surface area contributed by atoms with Gasteiger partial charge in [0, 0.05) is 30.8 Å². The highest BCUT2D eigenvalue weighted by atomic mass is 16.4. The number of carboxylic acid groups (broad SMARTS) is 1. The van der Waals surface area contributed by atoms with Crippen LogP contribution in [0.5, 0.6) is 0 Å². The largest absolute Gasteiger partial charge is 0.481 e. The number of hydrogen-bond acceptors (Lipinski definition) is 3. The molecule has 2 aliphatic rings. The van der Waals surface area contributed by atoms with Crippen molar-refractivity contribution in [2.45, 2.75) is 25.2 Å². The Balaban J connectivity index is 1.70.